The van der Waals surface area contributed by atoms with E-state index in [2.05, 4.69) is 17.5 Å². The van der Waals surface area contributed by atoms with Gasteiger partial charge in [0.2, 0.25) is 0 Å². The van der Waals surface area contributed by atoms with Crippen LogP contribution in [0.1, 0.15) is 48.5 Å². The lowest BCUT2D eigenvalue weighted by Crippen LogP contribution is -2.17. The van der Waals surface area contributed by atoms with Crippen LogP contribution in [0.2, 0.25) is 5.02 Å². The minimum Gasteiger partial charge on any atom is -0.493 e. The summed E-state index contributed by atoms with van der Waals surface area (Å²) >= 11 is 6.00. The van der Waals surface area contributed by atoms with Crippen molar-refractivity contribution in [3.05, 3.63) is 58.6 Å². The third-order valence-corrected chi connectivity index (χ3v) is 4.27. The van der Waals surface area contributed by atoms with Crippen molar-refractivity contribution in [3.8, 4) is 11.5 Å². The molecule has 2 rings (SSSR count). The number of hydrogen-bond acceptors (Lipinski definition) is 4. The highest BCUT2D eigenvalue weighted by Crippen LogP contribution is 2.27. The molecule has 0 bridgehead atoms. The Balaban J connectivity index is 1.93. The number of benzene rings is 2. The van der Waals surface area contributed by atoms with Gasteiger partial charge in [-0.3, -0.25) is 4.79 Å². The van der Waals surface area contributed by atoms with Gasteiger partial charge in [0.25, 0.3) is 5.91 Å². The Bertz CT molecular complexity index is 778. The number of ether oxygens (including phenoxy) is 2. The molecule has 0 unspecified atom stereocenters. The van der Waals surface area contributed by atoms with Crippen molar-refractivity contribution in [2.75, 3.05) is 13.7 Å². The topological polar surface area (TPSA) is 59.9 Å². The van der Waals surface area contributed by atoms with E-state index in [1.807, 2.05) is 18.2 Å². The van der Waals surface area contributed by atoms with Crippen molar-refractivity contribution in [2.24, 2.45) is 5.10 Å². The van der Waals surface area contributed by atoms with Crippen molar-refractivity contribution >= 4 is 23.7 Å². The molecule has 144 valence electrons. The van der Waals surface area contributed by atoms with Crippen LogP contribution in [0.4, 0.5) is 0 Å². The molecule has 0 atom stereocenters. The van der Waals surface area contributed by atoms with Gasteiger partial charge in [0.1, 0.15) is 0 Å². The van der Waals surface area contributed by atoms with E-state index in [0.717, 1.165) is 18.4 Å². The number of carbonyl (C=O) groups excluding carboxylic acids is 1. The van der Waals surface area contributed by atoms with E-state index in [9.17, 15) is 4.79 Å². The number of nitrogens with zero attached hydrogens (tertiary/aromatic N) is 1. The molecule has 0 radical (unpaired) electrons. The summed E-state index contributed by atoms with van der Waals surface area (Å²) in [5.74, 6) is 0.967. The zero-order valence-electron chi connectivity index (χ0n) is 15.7. The Kier molecular flexibility index (Phi) is 8.65. The number of nitrogens with one attached hydrogen (secondary N) is 1. The molecule has 1 amide bonds. The monoisotopic (exact) mass is 388 g/mol. The molecule has 0 spiro atoms. The Morgan fingerprint density at radius 1 is 1.15 bits per heavy atom. The van der Waals surface area contributed by atoms with Crippen molar-refractivity contribution in [1.29, 1.82) is 0 Å². The Hall–Kier alpha value is -2.53. The maximum absolute atomic E-state index is 12.1. The van der Waals surface area contributed by atoms with Crippen LogP contribution in [-0.4, -0.2) is 25.8 Å². The van der Waals surface area contributed by atoms with Crippen LogP contribution < -0.4 is 14.9 Å². The number of amides is 1. The summed E-state index contributed by atoms with van der Waals surface area (Å²) in [4.78, 5) is 12.1. The number of methoxy groups -OCH3 is 1. The molecule has 27 heavy (non-hydrogen) atoms. The quantitative estimate of drug-likeness (QED) is 0.351. The van der Waals surface area contributed by atoms with Gasteiger partial charge in [0.15, 0.2) is 11.5 Å². The first-order chi connectivity index (χ1) is 13.2. The average molecular weight is 389 g/mol. The van der Waals surface area contributed by atoms with E-state index in [-0.39, 0.29) is 5.91 Å². The molecule has 0 aliphatic heterocycles. The Morgan fingerprint density at radius 2 is 1.96 bits per heavy atom. The molecule has 0 aromatic heterocycles. The third-order valence-electron chi connectivity index (χ3n) is 3.94. The van der Waals surface area contributed by atoms with Crippen molar-refractivity contribution in [1.82, 2.24) is 5.43 Å². The number of halogens is 1. The minimum absolute atomic E-state index is 0.365. The highest BCUT2D eigenvalue weighted by atomic mass is 35.5. The molecule has 0 aliphatic rings. The summed E-state index contributed by atoms with van der Waals surface area (Å²) in [5.41, 5.74) is 3.63. The van der Waals surface area contributed by atoms with Gasteiger partial charge in [-0.15, -0.1) is 0 Å². The molecule has 5 nitrogen and oxygen atoms in total. The molecule has 0 heterocycles. The van der Waals surface area contributed by atoms with Gasteiger partial charge in [-0.2, -0.15) is 5.10 Å². The number of carbonyl (C=O) groups is 1. The van der Waals surface area contributed by atoms with E-state index >= 15 is 0 Å². The highest BCUT2D eigenvalue weighted by Gasteiger charge is 2.08. The van der Waals surface area contributed by atoms with Gasteiger partial charge < -0.3 is 9.47 Å². The lowest BCUT2D eigenvalue weighted by Gasteiger charge is -2.11. The summed E-state index contributed by atoms with van der Waals surface area (Å²) in [6.45, 7) is 2.85. The van der Waals surface area contributed by atoms with Crippen LogP contribution >= 0.6 is 11.6 Å². The first-order valence-electron chi connectivity index (χ1n) is 9.04. The number of hydrazone groups is 1. The van der Waals surface area contributed by atoms with Gasteiger partial charge in [-0.25, -0.2) is 5.43 Å². The predicted octanol–water partition coefficient (Wildman–Crippen LogP) is 5.07. The maximum Gasteiger partial charge on any atom is 0.272 e. The molecular formula is C21H25ClN2O3. The summed E-state index contributed by atoms with van der Waals surface area (Å²) in [7, 11) is 1.60. The van der Waals surface area contributed by atoms with Gasteiger partial charge in [-0.1, -0.05) is 49.9 Å². The van der Waals surface area contributed by atoms with Crippen LogP contribution in [0, 0.1) is 0 Å². The molecule has 2 aromatic carbocycles. The fourth-order valence-corrected chi connectivity index (χ4v) is 2.69. The zero-order chi connectivity index (χ0) is 19.5. The fourth-order valence-electron chi connectivity index (χ4n) is 2.47. The first-order valence-corrected chi connectivity index (χ1v) is 9.42. The van der Waals surface area contributed by atoms with Gasteiger partial charge >= 0.3 is 0 Å². The summed E-state index contributed by atoms with van der Waals surface area (Å²) < 4.78 is 11.2. The van der Waals surface area contributed by atoms with Crippen LogP contribution in [-0.2, 0) is 0 Å². The van der Waals surface area contributed by atoms with E-state index in [1.165, 1.54) is 12.8 Å². The molecule has 0 aliphatic carbocycles. The number of hydrogen-bond donors (Lipinski definition) is 1. The fraction of sp³-hybridized carbons (Fsp3) is 0.333. The van der Waals surface area contributed by atoms with E-state index in [0.29, 0.717) is 28.7 Å². The smallest absolute Gasteiger partial charge is 0.272 e. The van der Waals surface area contributed by atoms with Crippen molar-refractivity contribution in [2.45, 2.75) is 32.6 Å². The van der Waals surface area contributed by atoms with Crippen LogP contribution in [0.5, 0.6) is 11.5 Å². The molecule has 0 saturated carbocycles. The van der Waals surface area contributed by atoms with Crippen molar-refractivity contribution < 1.29 is 14.3 Å². The Morgan fingerprint density at radius 3 is 2.70 bits per heavy atom. The maximum atomic E-state index is 12.1. The second-order valence-electron chi connectivity index (χ2n) is 6.00. The standard InChI is InChI=1S/C21H25ClN2O3/c1-3-4-5-8-13-27-19-12-11-16(14-20(19)26-2)15-23-24-21(25)17-9-6-7-10-18(17)22/h6-7,9-12,14-15H,3-5,8,13H2,1-2H3,(H,24,25)/b23-15-. The minimum atomic E-state index is -0.365. The zero-order valence-corrected chi connectivity index (χ0v) is 16.5. The third kappa shape index (κ3) is 6.61. The molecule has 1 N–H and O–H groups in total. The van der Waals surface area contributed by atoms with Gasteiger partial charge in [0, 0.05) is 0 Å². The predicted molar refractivity (Wildman–Crippen MR) is 109 cm³/mol. The summed E-state index contributed by atoms with van der Waals surface area (Å²) in [5, 5.41) is 4.36. The van der Waals surface area contributed by atoms with Gasteiger partial charge in [0.05, 0.1) is 30.5 Å². The van der Waals surface area contributed by atoms with Crippen LogP contribution in [0.15, 0.2) is 47.6 Å². The number of rotatable bonds is 10. The summed E-state index contributed by atoms with van der Waals surface area (Å²) in [6, 6.07) is 12.3. The molecule has 0 saturated heterocycles. The first kappa shape index (κ1) is 20.8. The lowest BCUT2D eigenvalue weighted by atomic mass is 10.2. The average Bonchev–Trinajstić information content (AvgIpc) is 2.68. The summed E-state index contributed by atoms with van der Waals surface area (Å²) in [6.07, 6.45) is 6.14. The number of unbranched alkanes of at least 4 members (excludes halogenated alkanes) is 3. The largest absolute Gasteiger partial charge is 0.493 e. The second-order valence-corrected chi connectivity index (χ2v) is 6.41. The SMILES string of the molecule is CCCCCCOc1ccc(/C=N\NC(=O)c2ccccc2Cl)cc1OC. The van der Waals surface area contributed by atoms with Crippen LogP contribution in [0.3, 0.4) is 0 Å². The highest BCUT2D eigenvalue weighted by molar-refractivity contribution is 6.33. The van der Waals surface area contributed by atoms with E-state index in [1.54, 1.807) is 37.6 Å². The van der Waals surface area contributed by atoms with Crippen LogP contribution in [0.25, 0.3) is 0 Å². The molecule has 6 heteroatoms. The lowest BCUT2D eigenvalue weighted by molar-refractivity contribution is 0.0955. The molecule has 2 aromatic rings. The van der Waals surface area contributed by atoms with E-state index < -0.39 is 0 Å². The Labute approximate surface area is 165 Å². The molecule has 0 fully saturated rings. The van der Waals surface area contributed by atoms with E-state index in [4.69, 9.17) is 21.1 Å². The van der Waals surface area contributed by atoms with Gasteiger partial charge in [-0.05, 0) is 42.3 Å². The normalized spacial score (nSPS) is 10.8. The second kappa shape index (κ2) is 11.2. The molecular weight excluding hydrogens is 364 g/mol. The van der Waals surface area contributed by atoms with Crippen molar-refractivity contribution in [3.63, 3.8) is 0 Å².